The summed E-state index contributed by atoms with van der Waals surface area (Å²) in [5.74, 6) is 0.245. The number of halogens is 1. The fraction of sp³-hybridized carbons (Fsp3) is 0.588. The lowest BCUT2D eigenvalue weighted by Gasteiger charge is -2.24. The maximum absolute atomic E-state index is 13.1. The minimum absolute atomic E-state index is 0.159. The smallest absolute Gasteiger partial charge is 0.317 e. The van der Waals surface area contributed by atoms with E-state index in [2.05, 4.69) is 5.32 Å². The van der Waals surface area contributed by atoms with Gasteiger partial charge in [0.1, 0.15) is 17.7 Å². The van der Waals surface area contributed by atoms with E-state index in [9.17, 15) is 14.3 Å². The van der Waals surface area contributed by atoms with E-state index < -0.39 is 0 Å². The summed E-state index contributed by atoms with van der Waals surface area (Å²) in [6.07, 6.45) is 2.21. The van der Waals surface area contributed by atoms with Crippen molar-refractivity contribution in [3.8, 4) is 5.75 Å². The standard InChI is InChI=1S/C17H25FN2O3/c1-12(23-15-7-4-6-14(18)9-15)10-19-17(22)20(2)11-13-5-3-8-16(13)21/h4,6-7,9,12-13,16,21H,3,5,8,10-11H2,1-2H3,(H,19,22). The molecule has 1 aliphatic rings. The van der Waals surface area contributed by atoms with Crippen molar-refractivity contribution in [2.24, 2.45) is 5.92 Å². The maximum atomic E-state index is 13.1. The molecule has 0 radical (unpaired) electrons. The molecule has 0 aliphatic heterocycles. The zero-order valence-electron chi connectivity index (χ0n) is 13.7. The number of nitrogens with zero attached hydrogens (tertiary/aromatic N) is 1. The zero-order valence-corrected chi connectivity index (χ0v) is 13.7. The molecule has 2 rings (SSSR count). The summed E-state index contributed by atoms with van der Waals surface area (Å²) < 4.78 is 18.6. The molecule has 0 bridgehead atoms. The molecule has 1 aromatic rings. The molecule has 0 saturated heterocycles. The molecule has 1 aromatic carbocycles. The topological polar surface area (TPSA) is 61.8 Å². The van der Waals surface area contributed by atoms with Crippen molar-refractivity contribution >= 4 is 6.03 Å². The third kappa shape index (κ3) is 5.39. The van der Waals surface area contributed by atoms with Crippen LogP contribution >= 0.6 is 0 Å². The summed E-state index contributed by atoms with van der Waals surface area (Å²) in [5.41, 5.74) is 0. The van der Waals surface area contributed by atoms with Gasteiger partial charge >= 0.3 is 6.03 Å². The van der Waals surface area contributed by atoms with Crippen molar-refractivity contribution in [2.45, 2.75) is 38.4 Å². The molecule has 0 aromatic heterocycles. The second kappa shape index (κ2) is 8.15. The first-order valence-electron chi connectivity index (χ1n) is 8.05. The fourth-order valence-electron chi connectivity index (χ4n) is 2.85. The van der Waals surface area contributed by atoms with Crippen LogP contribution in [0, 0.1) is 11.7 Å². The Morgan fingerprint density at radius 1 is 1.52 bits per heavy atom. The molecule has 1 fully saturated rings. The van der Waals surface area contributed by atoms with Crippen LogP contribution in [0.2, 0.25) is 0 Å². The number of carbonyl (C=O) groups excluding carboxylic acids is 1. The third-order valence-corrected chi connectivity index (χ3v) is 4.15. The summed E-state index contributed by atoms with van der Waals surface area (Å²) >= 11 is 0. The van der Waals surface area contributed by atoms with Gasteiger partial charge in [0.05, 0.1) is 12.6 Å². The summed E-state index contributed by atoms with van der Waals surface area (Å²) in [4.78, 5) is 13.7. The van der Waals surface area contributed by atoms with Crippen molar-refractivity contribution in [3.05, 3.63) is 30.1 Å². The van der Waals surface area contributed by atoms with Gasteiger partial charge in [-0.1, -0.05) is 12.5 Å². The third-order valence-electron chi connectivity index (χ3n) is 4.15. The van der Waals surface area contributed by atoms with E-state index in [0.717, 1.165) is 19.3 Å². The zero-order chi connectivity index (χ0) is 16.8. The molecule has 0 spiro atoms. The van der Waals surface area contributed by atoms with Crippen LogP contribution in [-0.4, -0.2) is 48.4 Å². The molecular formula is C17H25FN2O3. The van der Waals surface area contributed by atoms with E-state index in [1.54, 1.807) is 24.1 Å². The van der Waals surface area contributed by atoms with Gasteiger partial charge in [-0.05, 0) is 31.9 Å². The lowest BCUT2D eigenvalue weighted by Crippen LogP contribution is -2.44. The summed E-state index contributed by atoms with van der Waals surface area (Å²) in [7, 11) is 1.72. The van der Waals surface area contributed by atoms with E-state index in [1.165, 1.54) is 12.1 Å². The molecule has 3 atom stereocenters. The largest absolute Gasteiger partial charge is 0.489 e. The van der Waals surface area contributed by atoms with Crippen molar-refractivity contribution in [1.29, 1.82) is 0 Å². The Morgan fingerprint density at radius 2 is 2.30 bits per heavy atom. The Labute approximate surface area is 136 Å². The average molecular weight is 324 g/mol. The highest BCUT2D eigenvalue weighted by Crippen LogP contribution is 2.25. The van der Waals surface area contributed by atoms with Gasteiger partial charge in [0.15, 0.2) is 0 Å². The molecule has 2 N–H and O–H groups in total. The van der Waals surface area contributed by atoms with Crippen LogP contribution < -0.4 is 10.1 Å². The Morgan fingerprint density at radius 3 is 2.96 bits per heavy atom. The molecule has 6 heteroatoms. The quantitative estimate of drug-likeness (QED) is 0.845. The first-order chi connectivity index (χ1) is 11.0. The van der Waals surface area contributed by atoms with E-state index in [-0.39, 0.29) is 30.0 Å². The molecule has 128 valence electrons. The van der Waals surface area contributed by atoms with Gasteiger partial charge in [-0.2, -0.15) is 0 Å². The highest BCUT2D eigenvalue weighted by atomic mass is 19.1. The number of aliphatic hydroxyl groups excluding tert-OH is 1. The Kier molecular flexibility index (Phi) is 6.21. The van der Waals surface area contributed by atoms with Crippen LogP contribution in [-0.2, 0) is 0 Å². The van der Waals surface area contributed by atoms with Crippen LogP contribution in [0.3, 0.4) is 0 Å². The monoisotopic (exact) mass is 324 g/mol. The van der Waals surface area contributed by atoms with E-state index in [4.69, 9.17) is 4.74 Å². The van der Waals surface area contributed by atoms with Gasteiger partial charge in [0.25, 0.3) is 0 Å². The second-order valence-corrected chi connectivity index (χ2v) is 6.21. The predicted molar refractivity (Wildman–Crippen MR) is 85.9 cm³/mol. The Bertz CT molecular complexity index is 526. The Balaban J connectivity index is 1.72. The van der Waals surface area contributed by atoms with Gasteiger partial charge in [-0.15, -0.1) is 0 Å². The van der Waals surface area contributed by atoms with E-state index in [0.29, 0.717) is 18.8 Å². The number of amides is 2. The highest BCUT2D eigenvalue weighted by molar-refractivity contribution is 5.73. The first-order valence-corrected chi connectivity index (χ1v) is 8.05. The number of rotatable bonds is 6. The number of aliphatic hydroxyl groups is 1. The normalized spacial score (nSPS) is 21.7. The number of carbonyl (C=O) groups is 1. The lowest BCUT2D eigenvalue weighted by molar-refractivity contribution is 0.113. The number of benzene rings is 1. The molecule has 3 unspecified atom stereocenters. The lowest BCUT2D eigenvalue weighted by atomic mass is 10.1. The molecule has 1 saturated carbocycles. The molecule has 0 heterocycles. The molecule has 1 aliphatic carbocycles. The van der Waals surface area contributed by atoms with E-state index in [1.807, 2.05) is 6.92 Å². The molecule has 5 nitrogen and oxygen atoms in total. The van der Waals surface area contributed by atoms with Crippen molar-refractivity contribution < 1.29 is 19.0 Å². The molecule has 2 amide bonds. The first kappa shape index (κ1) is 17.5. The number of hydrogen-bond donors (Lipinski definition) is 2. The SMILES string of the molecule is CC(CNC(=O)N(C)CC1CCCC1O)Oc1cccc(F)c1. The predicted octanol–water partition coefficient (Wildman–Crippen LogP) is 2.40. The van der Waals surface area contributed by atoms with Crippen LogP contribution in [0.1, 0.15) is 26.2 Å². The van der Waals surface area contributed by atoms with Gasteiger partial charge in [-0.25, -0.2) is 9.18 Å². The number of urea groups is 1. The number of hydrogen-bond acceptors (Lipinski definition) is 3. The number of nitrogens with one attached hydrogen (secondary N) is 1. The van der Waals surface area contributed by atoms with Crippen molar-refractivity contribution in [1.82, 2.24) is 10.2 Å². The average Bonchev–Trinajstić information content (AvgIpc) is 2.90. The van der Waals surface area contributed by atoms with Crippen LogP contribution in [0.5, 0.6) is 5.75 Å². The van der Waals surface area contributed by atoms with Crippen molar-refractivity contribution in [2.75, 3.05) is 20.1 Å². The highest BCUT2D eigenvalue weighted by Gasteiger charge is 2.27. The van der Waals surface area contributed by atoms with Gasteiger partial charge in [0, 0.05) is 25.6 Å². The van der Waals surface area contributed by atoms with E-state index >= 15 is 0 Å². The minimum Gasteiger partial charge on any atom is -0.489 e. The number of ether oxygens (including phenoxy) is 1. The minimum atomic E-state index is -0.353. The molecular weight excluding hydrogens is 299 g/mol. The summed E-state index contributed by atoms with van der Waals surface area (Å²) in [6, 6.07) is 5.72. The Hall–Kier alpha value is -1.82. The summed E-state index contributed by atoms with van der Waals surface area (Å²) in [5, 5.41) is 12.6. The van der Waals surface area contributed by atoms with Crippen LogP contribution in [0.4, 0.5) is 9.18 Å². The van der Waals surface area contributed by atoms with Crippen LogP contribution in [0.25, 0.3) is 0 Å². The van der Waals surface area contributed by atoms with Gasteiger partial charge in [-0.3, -0.25) is 0 Å². The van der Waals surface area contributed by atoms with Crippen molar-refractivity contribution in [3.63, 3.8) is 0 Å². The van der Waals surface area contributed by atoms with Crippen LogP contribution in [0.15, 0.2) is 24.3 Å². The summed E-state index contributed by atoms with van der Waals surface area (Å²) in [6.45, 7) is 2.69. The maximum Gasteiger partial charge on any atom is 0.317 e. The fourth-order valence-corrected chi connectivity index (χ4v) is 2.85. The second-order valence-electron chi connectivity index (χ2n) is 6.21. The van der Waals surface area contributed by atoms with Gasteiger partial charge in [0.2, 0.25) is 0 Å². The molecule has 23 heavy (non-hydrogen) atoms. The van der Waals surface area contributed by atoms with Gasteiger partial charge < -0.3 is 20.1 Å².